The van der Waals surface area contributed by atoms with Gasteiger partial charge in [0, 0.05) is 7.11 Å². The quantitative estimate of drug-likeness (QED) is 0.530. The van der Waals surface area contributed by atoms with Crippen LogP contribution < -0.4 is 0 Å². The highest BCUT2D eigenvalue weighted by molar-refractivity contribution is 4.67. The molecule has 0 aromatic rings. The van der Waals surface area contributed by atoms with Crippen LogP contribution in [0.2, 0.25) is 0 Å². The van der Waals surface area contributed by atoms with Gasteiger partial charge in [0.15, 0.2) is 0 Å². The minimum Gasteiger partial charge on any atom is -0.359 e. The predicted molar refractivity (Wildman–Crippen MR) is 24.8 cm³/mol. The first-order chi connectivity index (χ1) is 3.81. The van der Waals surface area contributed by atoms with Crippen molar-refractivity contribution in [2.75, 3.05) is 7.11 Å². The maximum Gasteiger partial charge on any atom is 0.406 e. The number of halogens is 2. The van der Waals surface area contributed by atoms with Gasteiger partial charge in [-0.3, -0.25) is 0 Å². The highest BCUT2D eigenvalue weighted by Crippen LogP contribution is 2.25. The molecule has 0 aliphatic carbocycles. The van der Waals surface area contributed by atoms with Crippen LogP contribution in [-0.4, -0.2) is 29.2 Å². The predicted octanol–water partition coefficient (Wildman–Crippen LogP) is -0.0736. The lowest BCUT2D eigenvalue weighted by Gasteiger charge is -2.25. The van der Waals surface area contributed by atoms with E-state index >= 15 is 0 Å². The van der Waals surface area contributed by atoms with Crippen molar-refractivity contribution < 1.29 is 23.7 Å². The number of rotatable bonds is 2. The Morgan fingerprint density at radius 1 is 1.33 bits per heavy atom. The van der Waals surface area contributed by atoms with Gasteiger partial charge in [-0.25, -0.2) is 0 Å². The fraction of sp³-hybridized carbons (Fsp3) is 1.00. The molecule has 0 bridgehead atoms. The summed E-state index contributed by atoms with van der Waals surface area (Å²) >= 11 is 0. The van der Waals surface area contributed by atoms with Crippen molar-refractivity contribution in [2.45, 2.75) is 18.8 Å². The van der Waals surface area contributed by atoms with Crippen LogP contribution in [0.1, 0.15) is 6.92 Å². The Morgan fingerprint density at radius 3 is 1.67 bits per heavy atom. The first-order valence-corrected chi connectivity index (χ1v) is 2.19. The zero-order valence-corrected chi connectivity index (χ0v) is 5.06. The molecule has 0 aromatic heterocycles. The minimum atomic E-state index is -4.22. The smallest absolute Gasteiger partial charge is 0.359 e. The largest absolute Gasteiger partial charge is 0.406 e. The first kappa shape index (κ1) is 8.74. The van der Waals surface area contributed by atoms with Crippen LogP contribution in [-0.2, 0) is 4.74 Å². The van der Waals surface area contributed by atoms with Crippen molar-refractivity contribution in [3.8, 4) is 0 Å². The highest BCUT2D eigenvalue weighted by Gasteiger charge is 2.48. The van der Waals surface area contributed by atoms with E-state index in [9.17, 15) is 8.78 Å². The number of ether oxygens (including phenoxy) is 1. The molecular weight excluding hydrogens is 134 g/mol. The second kappa shape index (κ2) is 2.17. The van der Waals surface area contributed by atoms with E-state index in [-0.39, 0.29) is 0 Å². The first-order valence-electron chi connectivity index (χ1n) is 2.19. The van der Waals surface area contributed by atoms with E-state index in [4.69, 9.17) is 10.2 Å². The van der Waals surface area contributed by atoms with Gasteiger partial charge in [0.2, 0.25) is 0 Å². The van der Waals surface area contributed by atoms with Gasteiger partial charge >= 0.3 is 6.11 Å². The molecule has 2 N–H and O–H groups in total. The maximum atomic E-state index is 11.7. The Hall–Kier alpha value is -0.260. The van der Waals surface area contributed by atoms with Crippen LogP contribution >= 0.6 is 0 Å². The SMILES string of the molecule is COC(C)(O)C(O)(F)F. The summed E-state index contributed by atoms with van der Waals surface area (Å²) < 4.78 is 27.2. The number of hydrogen-bond donors (Lipinski definition) is 2. The highest BCUT2D eigenvalue weighted by atomic mass is 19.3. The summed E-state index contributed by atoms with van der Waals surface area (Å²) in [6.07, 6.45) is -4.22. The van der Waals surface area contributed by atoms with Gasteiger partial charge in [-0.15, -0.1) is 0 Å². The molecule has 0 saturated heterocycles. The standard InChI is InChI=1S/C4H8F2O3/c1-3(7,9-2)4(5,6)8/h7-8H,1-2H3. The van der Waals surface area contributed by atoms with Gasteiger partial charge in [0.25, 0.3) is 5.79 Å². The van der Waals surface area contributed by atoms with Gasteiger partial charge in [0.1, 0.15) is 0 Å². The van der Waals surface area contributed by atoms with Crippen molar-refractivity contribution in [1.29, 1.82) is 0 Å². The molecule has 0 aliphatic rings. The summed E-state index contributed by atoms with van der Waals surface area (Å²) in [4.78, 5) is 0. The molecule has 0 aliphatic heterocycles. The lowest BCUT2D eigenvalue weighted by Crippen LogP contribution is -2.46. The summed E-state index contributed by atoms with van der Waals surface area (Å²) in [6, 6.07) is 0. The summed E-state index contributed by atoms with van der Waals surface area (Å²) in [5, 5.41) is 16.3. The normalized spacial score (nSPS) is 19.3. The Kier molecular flexibility index (Phi) is 2.10. The van der Waals surface area contributed by atoms with Gasteiger partial charge in [0.05, 0.1) is 0 Å². The second-order valence-corrected chi connectivity index (χ2v) is 1.73. The monoisotopic (exact) mass is 142 g/mol. The fourth-order valence-electron chi connectivity index (χ4n) is 0.123. The third kappa shape index (κ3) is 1.85. The number of hydrogen-bond acceptors (Lipinski definition) is 3. The van der Waals surface area contributed by atoms with Crippen molar-refractivity contribution in [2.24, 2.45) is 0 Å². The third-order valence-electron chi connectivity index (χ3n) is 0.956. The Bertz CT molecular complexity index is 96.5. The van der Waals surface area contributed by atoms with Gasteiger partial charge < -0.3 is 14.9 Å². The topological polar surface area (TPSA) is 49.7 Å². The van der Waals surface area contributed by atoms with Crippen LogP contribution in [0.15, 0.2) is 0 Å². The summed E-state index contributed by atoms with van der Waals surface area (Å²) in [5.74, 6) is -2.80. The van der Waals surface area contributed by atoms with E-state index in [0.717, 1.165) is 7.11 Å². The van der Waals surface area contributed by atoms with Gasteiger partial charge in [-0.05, 0) is 6.92 Å². The number of alkyl halides is 2. The Morgan fingerprint density at radius 2 is 1.67 bits per heavy atom. The molecule has 1 atom stereocenters. The van der Waals surface area contributed by atoms with E-state index < -0.39 is 11.9 Å². The number of aliphatic hydroxyl groups is 2. The molecule has 0 spiro atoms. The molecule has 0 saturated carbocycles. The van der Waals surface area contributed by atoms with Crippen LogP contribution in [0, 0.1) is 0 Å². The molecule has 0 fully saturated rings. The van der Waals surface area contributed by atoms with Crippen molar-refractivity contribution in [3.05, 3.63) is 0 Å². The average Bonchev–Trinajstić information content (AvgIpc) is 1.64. The van der Waals surface area contributed by atoms with E-state index in [2.05, 4.69) is 4.74 Å². The summed E-state index contributed by atoms with van der Waals surface area (Å²) in [7, 11) is 0.865. The van der Waals surface area contributed by atoms with Crippen molar-refractivity contribution in [1.82, 2.24) is 0 Å². The van der Waals surface area contributed by atoms with Crippen LogP contribution in [0.4, 0.5) is 8.78 Å². The molecule has 0 aromatic carbocycles. The molecule has 5 heteroatoms. The van der Waals surface area contributed by atoms with E-state index in [0.29, 0.717) is 6.92 Å². The third-order valence-corrected chi connectivity index (χ3v) is 0.956. The van der Waals surface area contributed by atoms with Gasteiger partial charge in [-0.1, -0.05) is 0 Å². The lowest BCUT2D eigenvalue weighted by atomic mass is 10.3. The zero-order chi connectivity index (χ0) is 7.71. The minimum absolute atomic E-state index is 0.660. The molecule has 0 rings (SSSR count). The number of methoxy groups -OCH3 is 1. The van der Waals surface area contributed by atoms with Crippen molar-refractivity contribution >= 4 is 0 Å². The second-order valence-electron chi connectivity index (χ2n) is 1.73. The van der Waals surface area contributed by atoms with Crippen LogP contribution in [0.3, 0.4) is 0 Å². The molecule has 0 heterocycles. The van der Waals surface area contributed by atoms with Crippen LogP contribution in [0.25, 0.3) is 0 Å². The van der Waals surface area contributed by atoms with Gasteiger partial charge in [-0.2, -0.15) is 8.78 Å². The van der Waals surface area contributed by atoms with E-state index in [1.807, 2.05) is 0 Å². The Balaban J connectivity index is 4.14. The molecular formula is C4H8F2O3. The van der Waals surface area contributed by atoms with Crippen molar-refractivity contribution in [3.63, 3.8) is 0 Å². The van der Waals surface area contributed by atoms with E-state index in [1.54, 1.807) is 0 Å². The van der Waals surface area contributed by atoms with Crippen LogP contribution in [0.5, 0.6) is 0 Å². The zero-order valence-electron chi connectivity index (χ0n) is 5.06. The van der Waals surface area contributed by atoms with E-state index in [1.165, 1.54) is 0 Å². The molecule has 0 amide bonds. The molecule has 0 radical (unpaired) electrons. The maximum absolute atomic E-state index is 11.7. The summed E-state index contributed by atoms with van der Waals surface area (Å²) in [5.41, 5.74) is 0. The average molecular weight is 142 g/mol. The molecule has 3 nitrogen and oxygen atoms in total. The summed E-state index contributed by atoms with van der Waals surface area (Å²) in [6.45, 7) is 0.660. The molecule has 56 valence electrons. The fourth-order valence-corrected chi connectivity index (χ4v) is 0.123. The Labute approximate surface area is 50.9 Å². The molecule has 9 heavy (non-hydrogen) atoms. The molecule has 1 unspecified atom stereocenters. The lowest BCUT2D eigenvalue weighted by molar-refractivity contribution is -0.380.